The van der Waals surface area contributed by atoms with Gasteiger partial charge in [0.1, 0.15) is 0 Å². The van der Waals surface area contributed by atoms with Gasteiger partial charge in [-0.05, 0) is 35.4 Å². The molecular formula is C14H9Cl5. The number of benzene rings is 2. The zero-order valence-corrected chi connectivity index (χ0v) is 13.6. The molecule has 0 N–H and O–H groups in total. The van der Waals surface area contributed by atoms with E-state index >= 15 is 0 Å². The van der Waals surface area contributed by atoms with Gasteiger partial charge >= 0.3 is 0 Å². The van der Waals surface area contributed by atoms with E-state index in [0.717, 1.165) is 11.1 Å². The van der Waals surface area contributed by atoms with E-state index in [2.05, 4.69) is 0 Å². The number of rotatable bonds is 2. The Hall–Kier alpha value is -0.110. The molecule has 0 bridgehead atoms. The van der Waals surface area contributed by atoms with Crippen LogP contribution in [-0.4, -0.2) is 0 Å². The van der Waals surface area contributed by atoms with E-state index in [1.54, 1.807) is 30.3 Å². The first-order valence-electron chi connectivity index (χ1n) is 5.50. The van der Waals surface area contributed by atoms with Crippen LogP contribution in [0, 0.1) is 0 Å². The molecule has 19 heavy (non-hydrogen) atoms. The molecule has 0 saturated carbocycles. The van der Waals surface area contributed by atoms with Gasteiger partial charge < -0.3 is 0 Å². The van der Waals surface area contributed by atoms with Gasteiger partial charge in [0, 0.05) is 21.0 Å². The van der Waals surface area contributed by atoms with Crippen molar-refractivity contribution < 1.29 is 0 Å². The summed E-state index contributed by atoms with van der Waals surface area (Å²) in [5, 5.41) is 2.62. The fourth-order valence-electron chi connectivity index (χ4n) is 1.95. The van der Waals surface area contributed by atoms with Crippen LogP contribution in [0.2, 0.25) is 25.1 Å². The average Bonchev–Trinajstić information content (AvgIpc) is 2.33. The maximum atomic E-state index is 6.22. The maximum Gasteiger partial charge on any atom is 0.0607 e. The Morgan fingerprint density at radius 2 is 1.26 bits per heavy atom. The third kappa shape index (κ3) is 3.15. The molecule has 1 atom stereocenters. The van der Waals surface area contributed by atoms with Crippen LogP contribution >= 0.6 is 58.0 Å². The van der Waals surface area contributed by atoms with Crippen LogP contribution in [-0.2, 0) is 0 Å². The molecular weight excluding hydrogens is 345 g/mol. The van der Waals surface area contributed by atoms with Gasteiger partial charge in [-0.2, -0.15) is 0 Å². The third-order valence-electron chi connectivity index (χ3n) is 2.94. The number of hydrogen-bond donors (Lipinski definition) is 0. The second-order valence-electron chi connectivity index (χ2n) is 4.14. The number of halogens is 5. The molecule has 0 nitrogen and oxygen atoms in total. The summed E-state index contributed by atoms with van der Waals surface area (Å²) in [4.78, 5) is 0. The molecule has 0 fully saturated rings. The van der Waals surface area contributed by atoms with Crippen LogP contribution in [0.15, 0.2) is 30.3 Å². The van der Waals surface area contributed by atoms with Crippen molar-refractivity contribution in [2.24, 2.45) is 0 Å². The fourth-order valence-corrected chi connectivity index (χ4v) is 3.39. The maximum absolute atomic E-state index is 6.22. The van der Waals surface area contributed by atoms with Gasteiger partial charge in [0.05, 0.1) is 10.0 Å². The third-order valence-corrected chi connectivity index (χ3v) is 4.65. The van der Waals surface area contributed by atoms with Crippen molar-refractivity contribution in [3.05, 3.63) is 66.6 Å². The van der Waals surface area contributed by atoms with E-state index in [1.807, 2.05) is 6.92 Å². The summed E-state index contributed by atoms with van der Waals surface area (Å²) in [7, 11) is 0. The summed E-state index contributed by atoms with van der Waals surface area (Å²) in [5.41, 5.74) is 1.66. The lowest BCUT2D eigenvalue weighted by Crippen LogP contribution is -1.99. The van der Waals surface area contributed by atoms with E-state index in [1.165, 1.54) is 0 Å². The van der Waals surface area contributed by atoms with Crippen LogP contribution in [0.5, 0.6) is 0 Å². The van der Waals surface area contributed by atoms with Crippen molar-refractivity contribution in [1.29, 1.82) is 0 Å². The second kappa shape index (κ2) is 6.11. The zero-order chi connectivity index (χ0) is 14.2. The molecule has 2 aromatic rings. The fraction of sp³-hybridized carbons (Fsp3) is 0.143. The minimum Gasteiger partial charge on any atom is -0.0840 e. The highest BCUT2D eigenvalue weighted by atomic mass is 35.5. The lowest BCUT2D eigenvalue weighted by atomic mass is 9.93. The molecule has 0 radical (unpaired) electrons. The highest BCUT2D eigenvalue weighted by molar-refractivity contribution is 6.43. The normalized spacial score (nSPS) is 12.5. The molecule has 1 unspecified atom stereocenters. The molecule has 0 aromatic heterocycles. The SMILES string of the molecule is CC(c1cc(Cl)c(Cl)cc1Cl)c1c(Cl)cccc1Cl. The summed E-state index contributed by atoms with van der Waals surface area (Å²) < 4.78 is 0. The minimum atomic E-state index is -0.0801. The Labute approximate surface area is 137 Å². The quantitative estimate of drug-likeness (QED) is 0.504. The molecule has 0 heterocycles. The summed E-state index contributed by atoms with van der Waals surface area (Å²) >= 11 is 30.6. The molecule has 2 rings (SSSR count). The second-order valence-corrected chi connectivity index (χ2v) is 6.18. The smallest absolute Gasteiger partial charge is 0.0607 e. The van der Waals surface area contributed by atoms with Crippen LogP contribution < -0.4 is 0 Å². The van der Waals surface area contributed by atoms with Crippen molar-refractivity contribution in [3.8, 4) is 0 Å². The standard InChI is InChI=1S/C14H9Cl5/c1-7(14-9(15)3-2-4-10(14)16)8-5-12(18)13(19)6-11(8)17/h2-7H,1H3. The molecule has 100 valence electrons. The molecule has 0 saturated heterocycles. The predicted octanol–water partition coefficient (Wildman–Crippen LogP) is 7.11. The summed E-state index contributed by atoms with van der Waals surface area (Å²) in [6, 6.07) is 8.77. The lowest BCUT2D eigenvalue weighted by Gasteiger charge is -2.18. The molecule has 0 aliphatic rings. The predicted molar refractivity (Wildman–Crippen MR) is 85.5 cm³/mol. The largest absolute Gasteiger partial charge is 0.0840 e. The first-order valence-corrected chi connectivity index (χ1v) is 7.39. The van der Waals surface area contributed by atoms with Gasteiger partial charge in [-0.15, -0.1) is 0 Å². The Morgan fingerprint density at radius 1 is 0.737 bits per heavy atom. The zero-order valence-electron chi connectivity index (χ0n) is 9.85. The summed E-state index contributed by atoms with van der Waals surface area (Å²) in [6.45, 7) is 1.97. The molecule has 0 aliphatic heterocycles. The minimum absolute atomic E-state index is 0.0801. The first kappa shape index (κ1) is 15.3. The van der Waals surface area contributed by atoms with E-state index in [9.17, 15) is 0 Å². The van der Waals surface area contributed by atoms with Crippen molar-refractivity contribution in [2.45, 2.75) is 12.8 Å². The Kier molecular flexibility index (Phi) is 4.92. The number of hydrogen-bond acceptors (Lipinski definition) is 0. The van der Waals surface area contributed by atoms with Gasteiger partial charge in [0.15, 0.2) is 0 Å². The van der Waals surface area contributed by atoms with Crippen molar-refractivity contribution in [3.63, 3.8) is 0 Å². The van der Waals surface area contributed by atoms with Gasteiger partial charge in [-0.25, -0.2) is 0 Å². The van der Waals surface area contributed by atoms with Gasteiger partial charge in [-0.3, -0.25) is 0 Å². The summed E-state index contributed by atoms with van der Waals surface area (Å²) in [6.07, 6.45) is 0. The Bertz CT molecular complexity index is 601. The highest BCUT2D eigenvalue weighted by Gasteiger charge is 2.19. The van der Waals surface area contributed by atoms with Crippen LogP contribution in [0.1, 0.15) is 24.0 Å². The van der Waals surface area contributed by atoms with E-state index in [4.69, 9.17) is 58.0 Å². The Balaban J connectivity index is 2.56. The van der Waals surface area contributed by atoms with Crippen molar-refractivity contribution in [1.82, 2.24) is 0 Å². The average molecular weight is 354 g/mol. The molecule has 5 heteroatoms. The van der Waals surface area contributed by atoms with Crippen molar-refractivity contribution in [2.75, 3.05) is 0 Å². The molecule has 0 spiro atoms. The molecule has 0 amide bonds. The van der Waals surface area contributed by atoms with Crippen molar-refractivity contribution >= 4 is 58.0 Å². The van der Waals surface area contributed by atoms with E-state index < -0.39 is 0 Å². The Morgan fingerprint density at radius 3 is 1.84 bits per heavy atom. The topological polar surface area (TPSA) is 0 Å². The van der Waals surface area contributed by atoms with Crippen LogP contribution in [0.3, 0.4) is 0 Å². The van der Waals surface area contributed by atoms with E-state index in [-0.39, 0.29) is 5.92 Å². The van der Waals surface area contributed by atoms with Crippen LogP contribution in [0.25, 0.3) is 0 Å². The molecule has 2 aromatic carbocycles. The van der Waals surface area contributed by atoms with E-state index in [0.29, 0.717) is 25.1 Å². The van der Waals surface area contributed by atoms with Crippen LogP contribution in [0.4, 0.5) is 0 Å². The highest BCUT2D eigenvalue weighted by Crippen LogP contribution is 2.40. The first-order chi connectivity index (χ1) is 8.91. The lowest BCUT2D eigenvalue weighted by molar-refractivity contribution is 0.923. The van der Waals surface area contributed by atoms with Gasteiger partial charge in [-0.1, -0.05) is 71.0 Å². The summed E-state index contributed by atoms with van der Waals surface area (Å²) in [5.74, 6) is -0.0801. The van der Waals surface area contributed by atoms with Gasteiger partial charge in [0.25, 0.3) is 0 Å². The van der Waals surface area contributed by atoms with Gasteiger partial charge in [0.2, 0.25) is 0 Å². The molecule has 0 aliphatic carbocycles. The monoisotopic (exact) mass is 352 g/mol.